The van der Waals surface area contributed by atoms with Gasteiger partial charge in [0.05, 0.1) is 18.7 Å². The van der Waals surface area contributed by atoms with Crippen LogP contribution in [-0.4, -0.2) is 37.6 Å². The van der Waals surface area contributed by atoms with Crippen LogP contribution in [0.5, 0.6) is 5.75 Å². The van der Waals surface area contributed by atoms with Crippen LogP contribution in [0.25, 0.3) is 11.5 Å². The van der Waals surface area contributed by atoms with Crippen molar-refractivity contribution in [1.29, 1.82) is 5.26 Å². The van der Waals surface area contributed by atoms with Crippen molar-refractivity contribution >= 4 is 5.88 Å². The molecule has 1 N–H and O–H groups in total. The minimum absolute atomic E-state index is 0.0134. The molecular formula is C21H21FN4O2. The Morgan fingerprint density at radius 3 is 2.54 bits per heavy atom. The number of oxazole rings is 1. The first-order valence-corrected chi connectivity index (χ1v) is 8.73. The molecule has 7 heteroatoms. The van der Waals surface area contributed by atoms with E-state index in [9.17, 15) is 9.65 Å². The molecule has 0 bridgehead atoms. The Bertz CT molecular complexity index is 977. The molecule has 2 aromatic carbocycles. The molecular weight excluding hydrogens is 359 g/mol. The van der Waals surface area contributed by atoms with Crippen molar-refractivity contribution in [2.24, 2.45) is 0 Å². The zero-order valence-corrected chi connectivity index (χ0v) is 15.9. The predicted molar refractivity (Wildman–Crippen MR) is 105 cm³/mol. The van der Waals surface area contributed by atoms with Crippen LogP contribution in [0.1, 0.15) is 17.3 Å². The molecule has 0 fully saturated rings. The topological polar surface area (TPSA) is 74.3 Å². The third kappa shape index (κ3) is 4.13. The lowest BCUT2D eigenvalue weighted by Crippen LogP contribution is -2.26. The Hall–Kier alpha value is -3.37. The Labute approximate surface area is 163 Å². The van der Waals surface area contributed by atoms with Crippen LogP contribution >= 0.6 is 0 Å². The number of benzene rings is 2. The Kier molecular flexibility index (Phi) is 5.92. The summed E-state index contributed by atoms with van der Waals surface area (Å²) in [5, 5.41) is 12.5. The normalized spacial score (nSPS) is 11.9. The number of rotatable bonds is 7. The number of ether oxygens (including phenoxy) is 1. The molecule has 1 aromatic heterocycles. The van der Waals surface area contributed by atoms with Crippen LogP contribution in [-0.2, 0) is 0 Å². The summed E-state index contributed by atoms with van der Waals surface area (Å²) in [5.74, 6) is 0.624. The number of nitrogens with one attached hydrogen (secondary N) is 1. The van der Waals surface area contributed by atoms with Crippen molar-refractivity contribution in [3.63, 3.8) is 0 Å². The largest absolute Gasteiger partial charge is 0.497 e. The lowest BCUT2D eigenvalue weighted by Gasteiger charge is -2.25. The summed E-state index contributed by atoms with van der Waals surface area (Å²) in [4.78, 5) is 6.17. The minimum Gasteiger partial charge on any atom is -0.497 e. The van der Waals surface area contributed by atoms with E-state index in [1.165, 1.54) is 6.07 Å². The van der Waals surface area contributed by atoms with E-state index in [0.717, 1.165) is 11.3 Å². The maximum absolute atomic E-state index is 14.0. The van der Waals surface area contributed by atoms with Gasteiger partial charge in [0.1, 0.15) is 17.6 Å². The van der Waals surface area contributed by atoms with Crippen molar-refractivity contribution in [2.45, 2.75) is 6.04 Å². The number of likely N-dealkylation sites (N-methyl/N-ethyl adjacent to an activating group) is 1. The van der Waals surface area contributed by atoms with Gasteiger partial charge in [0.25, 0.3) is 0 Å². The predicted octanol–water partition coefficient (Wildman–Crippen LogP) is 4.08. The summed E-state index contributed by atoms with van der Waals surface area (Å²) < 4.78 is 24.9. The van der Waals surface area contributed by atoms with E-state index in [-0.39, 0.29) is 29.1 Å². The van der Waals surface area contributed by atoms with Crippen LogP contribution in [0.15, 0.2) is 52.9 Å². The van der Waals surface area contributed by atoms with Crippen molar-refractivity contribution < 1.29 is 13.5 Å². The van der Waals surface area contributed by atoms with E-state index in [0.29, 0.717) is 6.54 Å². The number of hydrogen-bond donors (Lipinski definition) is 1. The van der Waals surface area contributed by atoms with Gasteiger partial charge in [-0.1, -0.05) is 24.3 Å². The summed E-state index contributed by atoms with van der Waals surface area (Å²) in [5.41, 5.74) is 1.38. The molecule has 3 aromatic rings. The van der Waals surface area contributed by atoms with Gasteiger partial charge < -0.3 is 19.4 Å². The molecule has 28 heavy (non-hydrogen) atoms. The summed E-state index contributed by atoms with van der Waals surface area (Å²) >= 11 is 0. The van der Waals surface area contributed by atoms with E-state index < -0.39 is 5.82 Å². The molecule has 1 atom stereocenters. The highest BCUT2D eigenvalue weighted by Gasteiger charge is 2.20. The zero-order chi connectivity index (χ0) is 20.1. The summed E-state index contributed by atoms with van der Waals surface area (Å²) in [6, 6.07) is 15.9. The van der Waals surface area contributed by atoms with Gasteiger partial charge in [0.15, 0.2) is 0 Å². The average molecular weight is 380 g/mol. The third-order valence-electron chi connectivity index (χ3n) is 4.42. The monoisotopic (exact) mass is 380 g/mol. The fraction of sp³-hybridized carbons (Fsp3) is 0.238. The van der Waals surface area contributed by atoms with Crippen molar-refractivity contribution in [1.82, 2.24) is 9.88 Å². The first-order chi connectivity index (χ1) is 13.5. The minimum atomic E-state index is -0.454. The summed E-state index contributed by atoms with van der Waals surface area (Å²) in [6.45, 7) is 0.472. The second kappa shape index (κ2) is 8.55. The molecule has 0 amide bonds. The van der Waals surface area contributed by atoms with Crippen LogP contribution < -0.4 is 10.1 Å². The molecule has 144 valence electrons. The van der Waals surface area contributed by atoms with Gasteiger partial charge in [-0.25, -0.2) is 4.39 Å². The number of nitriles is 1. The van der Waals surface area contributed by atoms with Crippen molar-refractivity contribution in [3.05, 3.63) is 65.6 Å². The Morgan fingerprint density at radius 1 is 1.21 bits per heavy atom. The number of nitrogens with zero attached hydrogens (tertiary/aromatic N) is 3. The van der Waals surface area contributed by atoms with Crippen LogP contribution in [0.2, 0.25) is 0 Å². The standard InChI is InChI=1S/C21H21FN4O2/c1-26(2)19(14-8-10-15(27-3)11-9-14)13-24-21-18(12-23)25-20(28-21)16-6-4-5-7-17(16)22/h4-11,19,24H,13H2,1-3H3/t19-/m0/s1. The second-order valence-corrected chi connectivity index (χ2v) is 6.42. The lowest BCUT2D eigenvalue weighted by atomic mass is 10.1. The van der Waals surface area contributed by atoms with Crippen molar-refractivity contribution in [2.75, 3.05) is 33.1 Å². The van der Waals surface area contributed by atoms with E-state index in [2.05, 4.69) is 15.2 Å². The number of hydrogen-bond acceptors (Lipinski definition) is 6. The Balaban J connectivity index is 1.82. The van der Waals surface area contributed by atoms with E-state index >= 15 is 0 Å². The summed E-state index contributed by atoms with van der Waals surface area (Å²) in [6.07, 6.45) is 0. The number of aromatic nitrogens is 1. The van der Waals surface area contributed by atoms with Crippen molar-refractivity contribution in [3.8, 4) is 23.3 Å². The smallest absolute Gasteiger partial charge is 0.233 e. The van der Waals surface area contributed by atoms with Gasteiger partial charge in [-0.2, -0.15) is 10.2 Å². The molecule has 0 saturated carbocycles. The van der Waals surface area contributed by atoms with Gasteiger partial charge in [0, 0.05) is 6.54 Å². The van der Waals surface area contributed by atoms with E-state index in [4.69, 9.17) is 9.15 Å². The fourth-order valence-electron chi connectivity index (χ4n) is 2.88. The summed E-state index contributed by atoms with van der Waals surface area (Å²) in [7, 11) is 5.56. The van der Waals surface area contributed by atoms with E-state index in [1.807, 2.05) is 44.4 Å². The molecule has 0 saturated heterocycles. The quantitative estimate of drug-likeness (QED) is 0.666. The van der Waals surface area contributed by atoms with Gasteiger partial charge in [0.2, 0.25) is 17.5 Å². The van der Waals surface area contributed by atoms with Gasteiger partial charge in [-0.3, -0.25) is 0 Å². The lowest BCUT2D eigenvalue weighted by molar-refractivity contribution is 0.310. The maximum Gasteiger partial charge on any atom is 0.233 e. The second-order valence-electron chi connectivity index (χ2n) is 6.42. The van der Waals surface area contributed by atoms with Crippen LogP contribution in [0.4, 0.5) is 10.3 Å². The zero-order valence-electron chi connectivity index (χ0n) is 15.9. The highest BCUT2D eigenvalue weighted by Crippen LogP contribution is 2.28. The average Bonchev–Trinajstić information content (AvgIpc) is 3.11. The first-order valence-electron chi connectivity index (χ1n) is 8.73. The SMILES string of the molecule is COc1ccc([C@H](CNc2oc(-c3ccccc3F)nc2C#N)N(C)C)cc1. The molecule has 1 heterocycles. The van der Waals surface area contributed by atoms with Crippen LogP contribution in [0.3, 0.4) is 0 Å². The molecule has 0 aliphatic rings. The molecule has 0 unspecified atom stereocenters. The van der Waals surface area contributed by atoms with Gasteiger partial charge in [-0.05, 0) is 43.9 Å². The molecule has 0 aliphatic carbocycles. The molecule has 0 spiro atoms. The first kappa shape index (κ1) is 19.4. The highest BCUT2D eigenvalue weighted by molar-refractivity contribution is 5.59. The van der Waals surface area contributed by atoms with Crippen LogP contribution in [0, 0.1) is 17.1 Å². The van der Waals surface area contributed by atoms with Gasteiger partial charge in [-0.15, -0.1) is 0 Å². The molecule has 0 radical (unpaired) electrons. The van der Waals surface area contributed by atoms with E-state index in [1.54, 1.807) is 25.3 Å². The third-order valence-corrected chi connectivity index (χ3v) is 4.42. The Morgan fingerprint density at radius 2 is 1.93 bits per heavy atom. The molecule has 3 rings (SSSR count). The molecule has 0 aliphatic heterocycles. The van der Waals surface area contributed by atoms with Gasteiger partial charge >= 0.3 is 0 Å². The number of halogens is 1. The maximum atomic E-state index is 14.0. The highest BCUT2D eigenvalue weighted by atomic mass is 19.1. The number of methoxy groups -OCH3 is 1. The fourth-order valence-corrected chi connectivity index (χ4v) is 2.88. The number of anilines is 1. The molecule has 6 nitrogen and oxygen atoms in total.